The predicted molar refractivity (Wildman–Crippen MR) is 102 cm³/mol. The molecule has 1 heterocycles. The first-order chi connectivity index (χ1) is 12.4. The number of carbonyl (C=O) groups is 3. The van der Waals surface area contributed by atoms with Gasteiger partial charge in [-0.3, -0.25) is 25.3 Å². The number of rotatable bonds is 7. The highest BCUT2D eigenvalue weighted by Gasteiger charge is 2.50. The highest BCUT2D eigenvalue weighted by atomic mass is 32.1. The summed E-state index contributed by atoms with van der Waals surface area (Å²) in [5.41, 5.74) is 4.20. The van der Waals surface area contributed by atoms with E-state index >= 15 is 0 Å². The fourth-order valence-corrected chi connectivity index (χ4v) is 3.96. The van der Waals surface area contributed by atoms with E-state index in [1.54, 1.807) is 0 Å². The lowest BCUT2D eigenvalue weighted by Crippen LogP contribution is -2.52. The van der Waals surface area contributed by atoms with Crippen molar-refractivity contribution in [1.82, 2.24) is 26.4 Å². The maximum absolute atomic E-state index is 12.7. The first-order valence-corrected chi connectivity index (χ1v) is 9.82. The van der Waals surface area contributed by atoms with Crippen LogP contribution in [-0.4, -0.2) is 46.0 Å². The molecule has 1 aliphatic carbocycles. The summed E-state index contributed by atoms with van der Waals surface area (Å²) in [7, 11) is 0. The van der Waals surface area contributed by atoms with Crippen LogP contribution in [0.15, 0.2) is 0 Å². The Kier molecular flexibility index (Phi) is 7.19. The number of amides is 4. The molecule has 0 aromatic heterocycles. The Morgan fingerprint density at radius 2 is 1.81 bits per heavy atom. The van der Waals surface area contributed by atoms with Crippen LogP contribution in [0.1, 0.15) is 65.2 Å². The van der Waals surface area contributed by atoms with Gasteiger partial charge in [-0.25, -0.2) is 4.79 Å². The molecule has 2 aliphatic rings. The van der Waals surface area contributed by atoms with Crippen molar-refractivity contribution in [1.29, 1.82) is 0 Å². The van der Waals surface area contributed by atoms with Gasteiger partial charge in [0, 0.05) is 6.04 Å². The van der Waals surface area contributed by atoms with Gasteiger partial charge in [-0.1, -0.05) is 39.5 Å². The standard InChI is InChI=1S/C17H29N5O3S/c1-3-9-17(10-4-2)14(24)22(16(25)19-17)11-13(23)20-21-15(26)18-12-7-5-6-8-12/h12H,3-11H2,1-2H3,(H,19,25)(H,20,23)(H2,18,21,26). The van der Waals surface area contributed by atoms with Crippen LogP contribution in [0.3, 0.4) is 0 Å². The maximum atomic E-state index is 12.7. The van der Waals surface area contributed by atoms with Crippen LogP contribution >= 0.6 is 12.2 Å². The lowest BCUT2D eigenvalue weighted by Gasteiger charge is -2.25. The molecule has 0 atom stereocenters. The van der Waals surface area contributed by atoms with Crippen molar-refractivity contribution in [3.63, 3.8) is 0 Å². The number of thiocarbonyl (C=S) groups is 1. The Morgan fingerprint density at radius 1 is 1.19 bits per heavy atom. The molecule has 1 saturated heterocycles. The minimum Gasteiger partial charge on any atom is -0.359 e. The molecule has 146 valence electrons. The molecule has 0 spiro atoms. The van der Waals surface area contributed by atoms with E-state index < -0.39 is 17.5 Å². The number of urea groups is 1. The van der Waals surface area contributed by atoms with Gasteiger partial charge in [0.2, 0.25) is 0 Å². The van der Waals surface area contributed by atoms with Gasteiger partial charge in [0.15, 0.2) is 5.11 Å². The molecule has 0 aromatic rings. The highest BCUT2D eigenvalue weighted by Crippen LogP contribution is 2.27. The van der Waals surface area contributed by atoms with Crippen LogP contribution in [0, 0.1) is 0 Å². The van der Waals surface area contributed by atoms with Gasteiger partial charge in [0.1, 0.15) is 12.1 Å². The monoisotopic (exact) mass is 383 g/mol. The number of carbonyl (C=O) groups excluding carboxylic acids is 3. The van der Waals surface area contributed by atoms with Crippen molar-refractivity contribution >= 4 is 35.2 Å². The topological polar surface area (TPSA) is 103 Å². The van der Waals surface area contributed by atoms with E-state index in [0.29, 0.717) is 24.0 Å². The first kappa shape index (κ1) is 20.4. The molecule has 26 heavy (non-hydrogen) atoms. The SMILES string of the molecule is CCCC1(CCC)NC(=O)N(CC(=O)NNC(=S)NC2CCCC2)C1=O. The van der Waals surface area contributed by atoms with Crippen molar-refractivity contribution in [2.24, 2.45) is 0 Å². The quantitative estimate of drug-likeness (QED) is 0.300. The molecule has 0 bridgehead atoms. The lowest BCUT2D eigenvalue weighted by atomic mass is 9.88. The van der Waals surface area contributed by atoms with Gasteiger partial charge in [-0.05, 0) is 37.9 Å². The van der Waals surface area contributed by atoms with E-state index in [2.05, 4.69) is 21.5 Å². The van der Waals surface area contributed by atoms with Crippen molar-refractivity contribution < 1.29 is 14.4 Å². The average molecular weight is 384 g/mol. The Hall–Kier alpha value is -1.90. The summed E-state index contributed by atoms with van der Waals surface area (Å²) in [5, 5.41) is 6.27. The summed E-state index contributed by atoms with van der Waals surface area (Å²) in [6.45, 7) is 3.60. The highest BCUT2D eigenvalue weighted by molar-refractivity contribution is 7.80. The normalized spacial score (nSPS) is 19.4. The molecule has 2 fully saturated rings. The van der Waals surface area contributed by atoms with Gasteiger partial charge in [-0.2, -0.15) is 0 Å². The van der Waals surface area contributed by atoms with E-state index in [4.69, 9.17) is 12.2 Å². The minimum absolute atomic E-state index is 0.326. The zero-order valence-electron chi connectivity index (χ0n) is 15.5. The Balaban J connectivity index is 1.84. The molecular formula is C17H29N5O3S. The third-order valence-electron chi connectivity index (χ3n) is 4.91. The minimum atomic E-state index is -0.881. The molecule has 9 heteroatoms. The van der Waals surface area contributed by atoms with Crippen molar-refractivity contribution in [2.45, 2.75) is 76.8 Å². The molecule has 4 amide bonds. The van der Waals surface area contributed by atoms with E-state index in [-0.39, 0.29) is 12.5 Å². The number of hydrogen-bond donors (Lipinski definition) is 4. The maximum Gasteiger partial charge on any atom is 0.325 e. The summed E-state index contributed by atoms with van der Waals surface area (Å²) < 4.78 is 0. The van der Waals surface area contributed by atoms with E-state index in [1.807, 2.05) is 13.8 Å². The average Bonchev–Trinajstić information content (AvgIpc) is 3.17. The van der Waals surface area contributed by atoms with Crippen molar-refractivity contribution in [2.75, 3.05) is 6.54 Å². The van der Waals surface area contributed by atoms with E-state index in [0.717, 1.165) is 30.6 Å². The Morgan fingerprint density at radius 3 is 2.38 bits per heavy atom. The summed E-state index contributed by atoms with van der Waals surface area (Å²) in [6.07, 6.45) is 7.16. The molecule has 0 radical (unpaired) electrons. The largest absolute Gasteiger partial charge is 0.359 e. The van der Waals surface area contributed by atoms with Crippen LogP contribution < -0.4 is 21.5 Å². The fraction of sp³-hybridized carbons (Fsp3) is 0.765. The second kappa shape index (κ2) is 9.16. The zero-order valence-corrected chi connectivity index (χ0v) is 16.3. The van der Waals surface area contributed by atoms with Crippen LogP contribution in [0.25, 0.3) is 0 Å². The summed E-state index contributed by atoms with van der Waals surface area (Å²) >= 11 is 5.15. The number of hydrogen-bond acceptors (Lipinski definition) is 4. The molecule has 2 rings (SSSR count). The van der Waals surface area contributed by atoms with Crippen molar-refractivity contribution in [3.8, 4) is 0 Å². The number of nitrogens with one attached hydrogen (secondary N) is 4. The van der Waals surface area contributed by atoms with Crippen molar-refractivity contribution in [3.05, 3.63) is 0 Å². The van der Waals surface area contributed by atoms with Gasteiger partial charge >= 0.3 is 6.03 Å². The molecule has 0 unspecified atom stereocenters. The second-order valence-corrected chi connectivity index (χ2v) is 7.44. The number of hydrazine groups is 1. The number of imide groups is 1. The molecule has 1 aliphatic heterocycles. The molecule has 0 aromatic carbocycles. The second-order valence-electron chi connectivity index (χ2n) is 7.03. The van der Waals surface area contributed by atoms with Crippen LogP contribution in [0.4, 0.5) is 4.79 Å². The van der Waals surface area contributed by atoms with Gasteiger partial charge in [-0.15, -0.1) is 0 Å². The summed E-state index contributed by atoms with van der Waals surface area (Å²) in [5.74, 6) is -0.819. The third-order valence-corrected chi connectivity index (χ3v) is 5.13. The summed E-state index contributed by atoms with van der Waals surface area (Å²) in [6, 6.07) is -0.180. The lowest BCUT2D eigenvalue weighted by molar-refractivity contribution is -0.135. The zero-order chi connectivity index (χ0) is 19.2. The fourth-order valence-electron chi connectivity index (χ4n) is 3.74. The number of nitrogens with zero attached hydrogens (tertiary/aromatic N) is 1. The summed E-state index contributed by atoms with van der Waals surface area (Å²) in [4.78, 5) is 38.0. The smallest absolute Gasteiger partial charge is 0.325 e. The van der Waals surface area contributed by atoms with E-state index in [1.165, 1.54) is 12.8 Å². The molecule has 4 N–H and O–H groups in total. The Bertz CT molecular complexity index is 557. The van der Waals surface area contributed by atoms with Crippen LogP contribution in [0.5, 0.6) is 0 Å². The van der Waals surface area contributed by atoms with Crippen LogP contribution in [0.2, 0.25) is 0 Å². The molecule has 8 nitrogen and oxygen atoms in total. The third kappa shape index (κ3) is 4.84. The van der Waals surface area contributed by atoms with Gasteiger partial charge < -0.3 is 10.6 Å². The predicted octanol–water partition coefficient (Wildman–Crippen LogP) is 1.32. The van der Waals surface area contributed by atoms with Crippen LogP contribution in [-0.2, 0) is 9.59 Å². The van der Waals surface area contributed by atoms with Gasteiger partial charge in [0.25, 0.3) is 11.8 Å². The first-order valence-electron chi connectivity index (χ1n) is 9.41. The van der Waals surface area contributed by atoms with Gasteiger partial charge in [0.05, 0.1) is 0 Å². The van der Waals surface area contributed by atoms with E-state index in [9.17, 15) is 14.4 Å². The Labute approximate surface area is 159 Å². The molecular weight excluding hydrogens is 354 g/mol. The molecule has 1 saturated carbocycles.